The number of hydrogen-bond donors (Lipinski definition) is 1. The summed E-state index contributed by atoms with van der Waals surface area (Å²) >= 11 is 0. The first-order valence-corrected chi connectivity index (χ1v) is 6.12. The van der Waals surface area contributed by atoms with E-state index in [-0.39, 0.29) is 5.60 Å². The van der Waals surface area contributed by atoms with Crippen molar-refractivity contribution in [2.24, 2.45) is 0 Å². The molecule has 4 heteroatoms. The summed E-state index contributed by atoms with van der Waals surface area (Å²) in [6.07, 6.45) is 0.799. The summed E-state index contributed by atoms with van der Waals surface area (Å²) < 4.78 is 16.2. The third-order valence-electron chi connectivity index (χ3n) is 3.39. The molecule has 1 heterocycles. The highest BCUT2D eigenvalue weighted by Gasteiger charge is 2.36. The number of hydrogen-bond acceptors (Lipinski definition) is 4. The van der Waals surface area contributed by atoms with E-state index < -0.39 is 6.10 Å². The molecule has 2 atom stereocenters. The van der Waals surface area contributed by atoms with Crippen molar-refractivity contribution in [3.63, 3.8) is 0 Å². The van der Waals surface area contributed by atoms with Crippen LogP contribution in [0.5, 0.6) is 11.5 Å². The van der Waals surface area contributed by atoms with Gasteiger partial charge in [-0.25, -0.2) is 0 Å². The van der Waals surface area contributed by atoms with Gasteiger partial charge in [-0.3, -0.25) is 0 Å². The summed E-state index contributed by atoms with van der Waals surface area (Å²) in [5.41, 5.74) is 0.418. The number of aliphatic hydroxyl groups is 1. The third kappa shape index (κ3) is 2.60. The molecule has 4 nitrogen and oxygen atoms in total. The van der Waals surface area contributed by atoms with E-state index in [9.17, 15) is 5.11 Å². The standard InChI is InChI=1S/C14H20O4/c1-14(6-7-16-2)9-12(15)11-8-10(17-3)4-5-13(11)18-14/h4-5,8,12,15H,6-7,9H2,1-3H3/t12-,14?/m0/s1. The summed E-state index contributed by atoms with van der Waals surface area (Å²) in [5, 5.41) is 10.2. The molecule has 1 aromatic rings. The lowest BCUT2D eigenvalue weighted by atomic mass is 9.88. The Hall–Kier alpha value is -1.26. The van der Waals surface area contributed by atoms with Crippen LogP contribution in [0.3, 0.4) is 0 Å². The van der Waals surface area contributed by atoms with Crippen molar-refractivity contribution in [2.75, 3.05) is 20.8 Å². The predicted molar refractivity (Wildman–Crippen MR) is 68.1 cm³/mol. The Balaban J connectivity index is 2.23. The van der Waals surface area contributed by atoms with Crippen LogP contribution in [0.25, 0.3) is 0 Å². The fraction of sp³-hybridized carbons (Fsp3) is 0.571. The highest BCUT2D eigenvalue weighted by atomic mass is 16.5. The zero-order valence-corrected chi connectivity index (χ0v) is 11.1. The van der Waals surface area contributed by atoms with E-state index >= 15 is 0 Å². The molecule has 18 heavy (non-hydrogen) atoms. The molecule has 0 radical (unpaired) electrons. The minimum Gasteiger partial charge on any atom is -0.497 e. The molecule has 0 saturated heterocycles. The summed E-state index contributed by atoms with van der Waals surface area (Å²) in [6.45, 7) is 2.62. The summed E-state index contributed by atoms with van der Waals surface area (Å²) in [4.78, 5) is 0. The first kappa shape index (κ1) is 13.2. The molecule has 2 rings (SSSR count). The van der Waals surface area contributed by atoms with Crippen molar-refractivity contribution in [1.82, 2.24) is 0 Å². The van der Waals surface area contributed by atoms with E-state index in [0.29, 0.717) is 13.0 Å². The van der Waals surface area contributed by atoms with E-state index in [2.05, 4.69) is 0 Å². The van der Waals surface area contributed by atoms with Gasteiger partial charge in [0, 0.05) is 32.1 Å². The van der Waals surface area contributed by atoms with E-state index in [0.717, 1.165) is 23.5 Å². The highest BCUT2D eigenvalue weighted by molar-refractivity contribution is 5.43. The molecule has 1 unspecified atom stereocenters. The van der Waals surface area contributed by atoms with Crippen LogP contribution in [0.2, 0.25) is 0 Å². The molecule has 1 aliphatic rings. The Labute approximate surface area is 107 Å². The van der Waals surface area contributed by atoms with E-state index in [1.165, 1.54) is 0 Å². The Bertz CT molecular complexity index is 418. The molecule has 0 bridgehead atoms. The number of rotatable bonds is 4. The molecule has 0 saturated carbocycles. The zero-order chi connectivity index (χ0) is 13.2. The smallest absolute Gasteiger partial charge is 0.126 e. The molecule has 100 valence electrons. The predicted octanol–water partition coefficient (Wildman–Crippen LogP) is 2.31. The SMILES string of the molecule is COCCC1(C)C[C@H](O)c2cc(OC)ccc2O1. The van der Waals surface area contributed by atoms with Gasteiger partial charge in [-0.05, 0) is 25.1 Å². The number of aliphatic hydroxyl groups excluding tert-OH is 1. The van der Waals surface area contributed by atoms with Gasteiger partial charge in [0.25, 0.3) is 0 Å². The van der Waals surface area contributed by atoms with Crippen molar-refractivity contribution in [1.29, 1.82) is 0 Å². The quantitative estimate of drug-likeness (QED) is 0.893. The topological polar surface area (TPSA) is 47.9 Å². The molecule has 0 fully saturated rings. The van der Waals surface area contributed by atoms with Crippen molar-refractivity contribution >= 4 is 0 Å². The van der Waals surface area contributed by atoms with Crippen molar-refractivity contribution in [2.45, 2.75) is 31.5 Å². The van der Waals surface area contributed by atoms with Gasteiger partial charge in [0.05, 0.1) is 13.2 Å². The molecule has 1 aliphatic heterocycles. The summed E-state index contributed by atoms with van der Waals surface area (Å²) in [7, 11) is 3.28. The molecule has 0 spiro atoms. The van der Waals surface area contributed by atoms with Crippen LogP contribution >= 0.6 is 0 Å². The minimum absolute atomic E-state index is 0.378. The second-order valence-electron chi connectivity index (χ2n) is 4.92. The number of fused-ring (bicyclic) bond motifs is 1. The fourth-order valence-corrected chi connectivity index (χ4v) is 2.30. The largest absolute Gasteiger partial charge is 0.497 e. The minimum atomic E-state index is -0.522. The van der Waals surface area contributed by atoms with Gasteiger partial charge in [-0.15, -0.1) is 0 Å². The lowest BCUT2D eigenvalue weighted by molar-refractivity contribution is -0.0203. The van der Waals surface area contributed by atoms with Crippen LogP contribution in [0, 0.1) is 0 Å². The second-order valence-corrected chi connectivity index (χ2v) is 4.92. The first-order valence-electron chi connectivity index (χ1n) is 6.12. The van der Waals surface area contributed by atoms with Gasteiger partial charge in [-0.2, -0.15) is 0 Å². The van der Waals surface area contributed by atoms with Crippen LogP contribution < -0.4 is 9.47 Å². The Morgan fingerprint density at radius 3 is 2.89 bits per heavy atom. The van der Waals surface area contributed by atoms with E-state index in [1.807, 2.05) is 25.1 Å². The molecular weight excluding hydrogens is 232 g/mol. The lowest BCUT2D eigenvalue weighted by Crippen LogP contribution is -2.39. The first-order chi connectivity index (χ1) is 8.58. The summed E-state index contributed by atoms with van der Waals surface area (Å²) in [5.74, 6) is 1.46. The second kappa shape index (κ2) is 5.16. The average Bonchev–Trinajstić information content (AvgIpc) is 2.36. The molecule has 1 aromatic carbocycles. The normalized spacial score (nSPS) is 26.3. The average molecular weight is 252 g/mol. The maximum atomic E-state index is 10.2. The van der Waals surface area contributed by atoms with Gasteiger partial charge in [0.2, 0.25) is 0 Å². The van der Waals surface area contributed by atoms with Crippen LogP contribution in [-0.4, -0.2) is 31.5 Å². The Morgan fingerprint density at radius 2 is 2.22 bits per heavy atom. The van der Waals surface area contributed by atoms with Crippen LogP contribution in [0.1, 0.15) is 31.4 Å². The van der Waals surface area contributed by atoms with Gasteiger partial charge in [0.1, 0.15) is 17.1 Å². The Kier molecular flexibility index (Phi) is 3.78. The Morgan fingerprint density at radius 1 is 1.44 bits per heavy atom. The van der Waals surface area contributed by atoms with E-state index in [4.69, 9.17) is 14.2 Å². The fourth-order valence-electron chi connectivity index (χ4n) is 2.30. The van der Waals surface area contributed by atoms with Gasteiger partial charge in [-0.1, -0.05) is 0 Å². The number of ether oxygens (including phenoxy) is 3. The monoisotopic (exact) mass is 252 g/mol. The number of benzene rings is 1. The molecule has 0 amide bonds. The molecule has 0 aliphatic carbocycles. The van der Waals surface area contributed by atoms with Crippen LogP contribution in [-0.2, 0) is 4.74 Å². The third-order valence-corrected chi connectivity index (χ3v) is 3.39. The van der Waals surface area contributed by atoms with E-state index in [1.54, 1.807) is 14.2 Å². The molecule has 0 aromatic heterocycles. The van der Waals surface area contributed by atoms with Crippen molar-refractivity contribution in [3.8, 4) is 11.5 Å². The van der Waals surface area contributed by atoms with Crippen molar-refractivity contribution < 1.29 is 19.3 Å². The summed E-state index contributed by atoms with van der Waals surface area (Å²) in [6, 6.07) is 5.52. The van der Waals surface area contributed by atoms with Crippen molar-refractivity contribution in [3.05, 3.63) is 23.8 Å². The number of methoxy groups -OCH3 is 2. The van der Waals surface area contributed by atoms with Crippen LogP contribution in [0.15, 0.2) is 18.2 Å². The molecular formula is C14H20O4. The van der Waals surface area contributed by atoms with Crippen LogP contribution in [0.4, 0.5) is 0 Å². The highest BCUT2D eigenvalue weighted by Crippen LogP contribution is 2.42. The lowest BCUT2D eigenvalue weighted by Gasteiger charge is -2.38. The van der Waals surface area contributed by atoms with Gasteiger partial charge >= 0.3 is 0 Å². The maximum Gasteiger partial charge on any atom is 0.126 e. The maximum absolute atomic E-state index is 10.2. The zero-order valence-electron chi connectivity index (χ0n) is 11.1. The van der Waals surface area contributed by atoms with Gasteiger partial charge in [0.15, 0.2) is 0 Å². The molecule has 1 N–H and O–H groups in total. The van der Waals surface area contributed by atoms with Gasteiger partial charge < -0.3 is 19.3 Å².